The van der Waals surface area contributed by atoms with Crippen LogP contribution in [0.3, 0.4) is 0 Å². The van der Waals surface area contributed by atoms with Crippen molar-refractivity contribution >= 4 is 15.2 Å². The molecule has 4 nitrogen and oxygen atoms in total. The fraction of sp³-hybridized carbons (Fsp3) is 0.929. The molecule has 20 heavy (non-hydrogen) atoms. The van der Waals surface area contributed by atoms with Crippen LogP contribution in [-0.4, -0.2) is 18.1 Å². The molecule has 0 radical (unpaired) electrons. The monoisotopic (exact) mass is 314 g/mol. The standard InChI is InChI=1S/C14H28O4S.Na/c1-2-3-4-5-6-7-8-9-10-11-12-13-14(15)19(16,17)18;/h2-13H2,1H3,(H,16,17,18);/q;+1/p-1. The van der Waals surface area contributed by atoms with Crippen molar-refractivity contribution in [2.45, 2.75) is 84.0 Å². The van der Waals surface area contributed by atoms with E-state index in [1.807, 2.05) is 0 Å². The maximum absolute atomic E-state index is 10.8. The van der Waals surface area contributed by atoms with Crippen LogP contribution >= 0.6 is 0 Å². The Morgan fingerprint density at radius 2 is 1.15 bits per heavy atom. The molecule has 0 aromatic rings. The summed E-state index contributed by atoms with van der Waals surface area (Å²) < 4.78 is 31.0. The van der Waals surface area contributed by atoms with Crippen LogP contribution in [0.2, 0.25) is 0 Å². The Bertz CT molecular complexity index is 328. The Balaban J connectivity index is 0. The van der Waals surface area contributed by atoms with Crippen LogP contribution in [0.25, 0.3) is 0 Å². The van der Waals surface area contributed by atoms with Crippen molar-refractivity contribution in [2.75, 3.05) is 0 Å². The van der Waals surface area contributed by atoms with Crippen molar-refractivity contribution in [3.63, 3.8) is 0 Å². The van der Waals surface area contributed by atoms with Crippen molar-refractivity contribution in [2.24, 2.45) is 0 Å². The summed E-state index contributed by atoms with van der Waals surface area (Å²) in [5.74, 6) is 0. The molecule has 0 saturated heterocycles. The molecule has 0 amide bonds. The van der Waals surface area contributed by atoms with E-state index < -0.39 is 15.2 Å². The van der Waals surface area contributed by atoms with E-state index in [1.165, 1.54) is 44.9 Å². The third-order valence-corrected chi connectivity index (χ3v) is 4.03. The quantitative estimate of drug-likeness (QED) is 0.303. The predicted octanol–water partition coefficient (Wildman–Crippen LogP) is 0.763. The van der Waals surface area contributed by atoms with Crippen molar-refractivity contribution in [1.29, 1.82) is 0 Å². The molecular weight excluding hydrogens is 287 g/mol. The third kappa shape index (κ3) is 15.0. The molecule has 114 valence electrons. The molecule has 0 aromatic heterocycles. The summed E-state index contributed by atoms with van der Waals surface area (Å²) in [6.07, 6.45) is 12.4. The molecule has 0 aliphatic heterocycles. The van der Waals surface area contributed by atoms with Gasteiger partial charge < -0.3 is 4.55 Å². The average molecular weight is 314 g/mol. The zero-order chi connectivity index (χ0) is 14.6. The van der Waals surface area contributed by atoms with E-state index in [0.717, 1.165) is 19.3 Å². The summed E-state index contributed by atoms with van der Waals surface area (Å²) in [6, 6.07) is 0. The largest absolute Gasteiger partial charge is 1.00 e. The van der Waals surface area contributed by atoms with Gasteiger partial charge in [0.05, 0.1) is 0 Å². The van der Waals surface area contributed by atoms with Gasteiger partial charge in [0.1, 0.15) is 0 Å². The number of rotatable bonds is 12. The number of carbonyl (C=O) groups is 1. The second kappa shape index (κ2) is 14.5. The Kier molecular flexibility index (Phi) is 16.6. The van der Waals surface area contributed by atoms with Gasteiger partial charge in [-0.25, -0.2) is 8.42 Å². The van der Waals surface area contributed by atoms with Gasteiger partial charge in [-0.1, -0.05) is 71.1 Å². The van der Waals surface area contributed by atoms with Crippen LogP contribution in [0, 0.1) is 0 Å². The molecule has 6 heteroatoms. The molecule has 0 fully saturated rings. The fourth-order valence-corrected chi connectivity index (χ4v) is 2.45. The summed E-state index contributed by atoms with van der Waals surface area (Å²) in [5, 5.41) is -1.16. The maximum Gasteiger partial charge on any atom is 1.00 e. The smallest absolute Gasteiger partial charge is 0.742 e. The fourth-order valence-electron chi connectivity index (χ4n) is 2.06. The number of hydrogen-bond acceptors (Lipinski definition) is 4. The molecule has 0 N–H and O–H groups in total. The normalized spacial score (nSPS) is 11.1. The first-order valence-electron chi connectivity index (χ1n) is 7.47. The van der Waals surface area contributed by atoms with Crippen molar-refractivity contribution in [3.05, 3.63) is 0 Å². The van der Waals surface area contributed by atoms with E-state index in [0.29, 0.717) is 6.42 Å². The molecule has 0 spiro atoms. The van der Waals surface area contributed by atoms with Crippen LogP contribution in [0.1, 0.15) is 84.0 Å². The topological polar surface area (TPSA) is 74.3 Å². The summed E-state index contributed by atoms with van der Waals surface area (Å²) in [5.41, 5.74) is 0. The van der Waals surface area contributed by atoms with Gasteiger partial charge in [-0.05, 0) is 6.42 Å². The van der Waals surface area contributed by atoms with Crippen LogP contribution in [0.5, 0.6) is 0 Å². The van der Waals surface area contributed by atoms with Crippen LogP contribution in [0.15, 0.2) is 0 Å². The van der Waals surface area contributed by atoms with E-state index in [9.17, 15) is 17.8 Å². The van der Waals surface area contributed by atoms with Gasteiger partial charge in [0, 0.05) is 6.42 Å². The van der Waals surface area contributed by atoms with Gasteiger partial charge in [0.15, 0.2) is 10.1 Å². The minimum atomic E-state index is -4.70. The minimum absolute atomic E-state index is 0. The predicted molar refractivity (Wildman–Crippen MR) is 75.8 cm³/mol. The zero-order valence-electron chi connectivity index (χ0n) is 13.0. The van der Waals surface area contributed by atoms with Crippen LogP contribution < -0.4 is 29.6 Å². The Morgan fingerprint density at radius 3 is 1.50 bits per heavy atom. The summed E-state index contributed by atoms with van der Waals surface area (Å²) in [6.45, 7) is 2.21. The Morgan fingerprint density at radius 1 is 0.800 bits per heavy atom. The van der Waals surface area contributed by atoms with Gasteiger partial charge in [-0.2, -0.15) is 0 Å². The first-order valence-corrected chi connectivity index (χ1v) is 8.88. The van der Waals surface area contributed by atoms with E-state index in [2.05, 4.69) is 6.92 Å². The SMILES string of the molecule is CCCCCCCCCCCCCC(=O)S(=O)(=O)[O-].[Na+]. The van der Waals surface area contributed by atoms with Gasteiger partial charge in [0.25, 0.3) is 0 Å². The second-order valence-corrected chi connectivity index (χ2v) is 6.48. The first kappa shape index (κ1) is 22.9. The summed E-state index contributed by atoms with van der Waals surface area (Å²) in [7, 11) is -4.70. The summed E-state index contributed by atoms with van der Waals surface area (Å²) >= 11 is 0. The number of carbonyl (C=O) groups excluding carboxylic acids is 1. The summed E-state index contributed by atoms with van der Waals surface area (Å²) in [4.78, 5) is 10.8. The molecule has 0 heterocycles. The number of hydrogen-bond donors (Lipinski definition) is 0. The van der Waals surface area contributed by atoms with E-state index in [1.54, 1.807) is 0 Å². The molecular formula is C14H27NaO4S. The maximum atomic E-state index is 10.8. The van der Waals surface area contributed by atoms with E-state index >= 15 is 0 Å². The third-order valence-electron chi connectivity index (χ3n) is 3.26. The van der Waals surface area contributed by atoms with Gasteiger partial charge >= 0.3 is 29.6 Å². The minimum Gasteiger partial charge on any atom is -0.742 e. The molecule has 0 aromatic carbocycles. The van der Waals surface area contributed by atoms with Crippen LogP contribution in [0.4, 0.5) is 0 Å². The zero-order valence-corrected chi connectivity index (χ0v) is 15.8. The molecule has 0 rings (SSSR count). The van der Waals surface area contributed by atoms with Crippen molar-refractivity contribution in [1.82, 2.24) is 0 Å². The van der Waals surface area contributed by atoms with Crippen molar-refractivity contribution < 1.29 is 47.3 Å². The average Bonchev–Trinajstić information content (AvgIpc) is 2.34. The van der Waals surface area contributed by atoms with Gasteiger partial charge in [0.2, 0.25) is 5.12 Å². The molecule has 0 atom stereocenters. The molecule has 0 aliphatic carbocycles. The van der Waals surface area contributed by atoms with Crippen molar-refractivity contribution in [3.8, 4) is 0 Å². The van der Waals surface area contributed by atoms with Crippen LogP contribution in [-0.2, 0) is 14.9 Å². The molecule has 0 unspecified atom stereocenters. The molecule has 0 saturated carbocycles. The second-order valence-electron chi connectivity index (χ2n) is 5.11. The Labute approximate surface area is 146 Å². The van der Waals surface area contributed by atoms with E-state index in [-0.39, 0.29) is 36.0 Å². The molecule has 0 bridgehead atoms. The molecule has 0 aliphatic rings. The first-order chi connectivity index (χ1) is 8.98. The number of unbranched alkanes of at least 4 members (excludes halogenated alkanes) is 10. The van der Waals surface area contributed by atoms with Gasteiger partial charge in [-0.15, -0.1) is 0 Å². The van der Waals surface area contributed by atoms with Gasteiger partial charge in [-0.3, -0.25) is 4.79 Å². The Hall–Kier alpha value is 0.580. The van der Waals surface area contributed by atoms with E-state index in [4.69, 9.17) is 0 Å².